The number of benzene rings is 2. The molecule has 0 aliphatic heterocycles. The monoisotopic (exact) mass is 374 g/mol. The smallest absolute Gasteiger partial charge is 0.261 e. The lowest BCUT2D eigenvalue weighted by molar-refractivity contribution is 0.102. The van der Waals surface area contributed by atoms with Gasteiger partial charge >= 0.3 is 0 Å². The lowest BCUT2D eigenvalue weighted by Crippen LogP contribution is -2.24. The van der Waals surface area contributed by atoms with Crippen molar-refractivity contribution in [2.45, 2.75) is 0 Å². The molecule has 4 rings (SSSR count). The molecule has 0 saturated heterocycles. The molecular formula is C21H15FN4O2. The summed E-state index contributed by atoms with van der Waals surface area (Å²) in [6.07, 6.45) is 2.96. The van der Waals surface area contributed by atoms with Crippen LogP contribution in [0.2, 0.25) is 0 Å². The lowest BCUT2D eigenvalue weighted by Gasteiger charge is -2.13. The highest BCUT2D eigenvalue weighted by Gasteiger charge is 2.17. The van der Waals surface area contributed by atoms with Crippen LogP contribution in [0.4, 0.5) is 15.8 Å². The largest absolute Gasteiger partial charge is 0.399 e. The molecule has 0 fully saturated rings. The van der Waals surface area contributed by atoms with E-state index in [1.54, 1.807) is 59.3 Å². The highest BCUT2D eigenvalue weighted by atomic mass is 19.1. The molecule has 0 aliphatic carbocycles. The number of halogens is 1. The number of amides is 1. The molecule has 0 radical (unpaired) electrons. The molecule has 0 unspecified atom stereocenters. The van der Waals surface area contributed by atoms with Crippen molar-refractivity contribution < 1.29 is 9.18 Å². The normalized spacial score (nSPS) is 10.8. The summed E-state index contributed by atoms with van der Waals surface area (Å²) < 4.78 is 14.9. The van der Waals surface area contributed by atoms with Gasteiger partial charge in [-0.25, -0.2) is 9.37 Å². The van der Waals surface area contributed by atoms with Gasteiger partial charge in [-0.1, -0.05) is 6.07 Å². The summed E-state index contributed by atoms with van der Waals surface area (Å²) in [5.41, 5.74) is 7.14. The number of aromatic nitrogens is 2. The number of hydrogen-bond donors (Lipinski definition) is 2. The van der Waals surface area contributed by atoms with Gasteiger partial charge in [0.1, 0.15) is 17.0 Å². The fourth-order valence-corrected chi connectivity index (χ4v) is 2.94. The second-order valence-corrected chi connectivity index (χ2v) is 6.17. The molecule has 138 valence electrons. The van der Waals surface area contributed by atoms with Crippen LogP contribution >= 0.6 is 0 Å². The average molecular weight is 374 g/mol. The SMILES string of the molecule is Nc1cccc(NC(=O)c2cn(-c3ccc(F)cc3)c3ncccc3c2=O)c1. The van der Waals surface area contributed by atoms with E-state index in [0.29, 0.717) is 22.7 Å². The van der Waals surface area contributed by atoms with E-state index in [0.717, 1.165) is 0 Å². The molecule has 28 heavy (non-hydrogen) atoms. The molecule has 2 aromatic heterocycles. The van der Waals surface area contributed by atoms with Crippen LogP contribution in [0.1, 0.15) is 10.4 Å². The van der Waals surface area contributed by atoms with Crippen LogP contribution in [0.5, 0.6) is 0 Å². The second-order valence-electron chi connectivity index (χ2n) is 6.17. The minimum Gasteiger partial charge on any atom is -0.399 e. The van der Waals surface area contributed by atoms with Crippen molar-refractivity contribution in [1.82, 2.24) is 9.55 Å². The predicted octanol–water partition coefficient (Wildman–Crippen LogP) is 3.36. The molecule has 2 aromatic carbocycles. The minimum absolute atomic E-state index is 0.0627. The first-order valence-corrected chi connectivity index (χ1v) is 8.46. The Morgan fingerprint density at radius 2 is 1.86 bits per heavy atom. The summed E-state index contributed by atoms with van der Waals surface area (Å²) in [6.45, 7) is 0. The summed E-state index contributed by atoms with van der Waals surface area (Å²) in [5.74, 6) is -0.959. The molecule has 3 N–H and O–H groups in total. The Morgan fingerprint density at radius 3 is 2.61 bits per heavy atom. The van der Waals surface area contributed by atoms with E-state index in [2.05, 4.69) is 10.3 Å². The van der Waals surface area contributed by atoms with Crippen LogP contribution in [0, 0.1) is 5.82 Å². The number of fused-ring (bicyclic) bond motifs is 1. The third kappa shape index (κ3) is 3.21. The van der Waals surface area contributed by atoms with Gasteiger partial charge in [-0.15, -0.1) is 0 Å². The van der Waals surface area contributed by atoms with Gasteiger partial charge < -0.3 is 15.6 Å². The molecule has 6 nitrogen and oxygen atoms in total. The Hall–Kier alpha value is -4.00. The number of hydrogen-bond acceptors (Lipinski definition) is 4. The molecule has 0 saturated carbocycles. The molecule has 2 heterocycles. The summed E-state index contributed by atoms with van der Waals surface area (Å²) in [7, 11) is 0. The maximum atomic E-state index is 13.3. The first-order chi connectivity index (χ1) is 13.5. The molecule has 4 aromatic rings. The Labute approximate surface area is 159 Å². The first kappa shape index (κ1) is 17.4. The lowest BCUT2D eigenvalue weighted by atomic mass is 10.1. The topological polar surface area (TPSA) is 90.0 Å². The van der Waals surface area contributed by atoms with Crippen molar-refractivity contribution in [1.29, 1.82) is 0 Å². The fourth-order valence-electron chi connectivity index (χ4n) is 2.94. The van der Waals surface area contributed by atoms with Crippen LogP contribution in [-0.2, 0) is 0 Å². The van der Waals surface area contributed by atoms with E-state index in [1.807, 2.05) is 0 Å². The highest BCUT2D eigenvalue weighted by Crippen LogP contribution is 2.18. The Kier molecular flexibility index (Phi) is 4.33. The number of nitrogens with one attached hydrogen (secondary N) is 1. The van der Waals surface area contributed by atoms with Crippen molar-refractivity contribution in [2.75, 3.05) is 11.1 Å². The van der Waals surface area contributed by atoms with Crippen molar-refractivity contribution in [3.63, 3.8) is 0 Å². The van der Waals surface area contributed by atoms with Gasteiger partial charge in [-0.3, -0.25) is 9.59 Å². The highest BCUT2D eigenvalue weighted by molar-refractivity contribution is 6.05. The van der Waals surface area contributed by atoms with E-state index < -0.39 is 11.3 Å². The van der Waals surface area contributed by atoms with Crippen molar-refractivity contribution >= 4 is 28.3 Å². The Morgan fingerprint density at radius 1 is 1.07 bits per heavy atom. The zero-order chi connectivity index (χ0) is 19.7. The van der Waals surface area contributed by atoms with E-state index in [9.17, 15) is 14.0 Å². The molecule has 0 aliphatic rings. The number of pyridine rings is 2. The molecule has 0 spiro atoms. The molecule has 7 heteroatoms. The number of nitrogens with zero attached hydrogens (tertiary/aromatic N) is 2. The predicted molar refractivity (Wildman–Crippen MR) is 106 cm³/mol. The number of rotatable bonds is 3. The molecule has 0 atom stereocenters. The van der Waals surface area contributed by atoms with Crippen molar-refractivity contribution in [2.24, 2.45) is 0 Å². The maximum absolute atomic E-state index is 13.3. The van der Waals surface area contributed by atoms with Crippen LogP contribution in [0.25, 0.3) is 16.7 Å². The van der Waals surface area contributed by atoms with Gasteiger partial charge in [-0.05, 0) is 54.6 Å². The number of nitrogen functional groups attached to an aromatic ring is 1. The number of carbonyl (C=O) groups is 1. The van der Waals surface area contributed by atoms with Gasteiger partial charge in [-0.2, -0.15) is 0 Å². The molecule has 0 bridgehead atoms. The van der Waals surface area contributed by atoms with Gasteiger partial charge in [0, 0.05) is 29.5 Å². The van der Waals surface area contributed by atoms with E-state index in [4.69, 9.17) is 5.73 Å². The first-order valence-electron chi connectivity index (χ1n) is 8.46. The van der Waals surface area contributed by atoms with Gasteiger partial charge in [0.25, 0.3) is 5.91 Å². The van der Waals surface area contributed by atoms with E-state index >= 15 is 0 Å². The summed E-state index contributed by atoms with van der Waals surface area (Å²) in [6, 6.07) is 15.6. The number of carbonyl (C=O) groups excluding carboxylic acids is 1. The van der Waals surface area contributed by atoms with E-state index in [1.165, 1.54) is 18.3 Å². The van der Waals surface area contributed by atoms with Gasteiger partial charge in [0.05, 0.1) is 5.39 Å². The van der Waals surface area contributed by atoms with Crippen molar-refractivity contribution in [3.05, 3.63) is 94.7 Å². The minimum atomic E-state index is -0.572. The van der Waals surface area contributed by atoms with Crippen LogP contribution in [0.15, 0.2) is 77.9 Å². The third-order valence-corrected chi connectivity index (χ3v) is 4.26. The zero-order valence-corrected chi connectivity index (χ0v) is 14.6. The second kappa shape index (κ2) is 6.96. The summed E-state index contributed by atoms with van der Waals surface area (Å²) in [5, 5.41) is 2.96. The Bertz CT molecular complexity index is 1250. The standard InChI is InChI=1S/C21H15FN4O2/c22-13-6-8-16(9-7-13)26-12-18(19(27)17-5-2-10-24-20(17)26)21(28)25-15-4-1-3-14(23)11-15/h1-12H,23H2,(H,25,28). The summed E-state index contributed by atoms with van der Waals surface area (Å²) >= 11 is 0. The quantitative estimate of drug-likeness (QED) is 0.538. The zero-order valence-electron chi connectivity index (χ0n) is 14.6. The van der Waals surface area contributed by atoms with Gasteiger partial charge in [0.15, 0.2) is 0 Å². The van der Waals surface area contributed by atoms with Crippen LogP contribution in [-0.4, -0.2) is 15.5 Å². The molecular weight excluding hydrogens is 359 g/mol. The number of nitrogens with two attached hydrogens (primary N) is 1. The van der Waals surface area contributed by atoms with Crippen LogP contribution in [0.3, 0.4) is 0 Å². The fraction of sp³-hybridized carbons (Fsp3) is 0. The van der Waals surface area contributed by atoms with Gasteiger partial charge in [0.2, 0.25) is 5.43 Å². The van der Waals surface area contributed by atoms with Crippen molar-refractivity contribution in [3.8, 4) is 5.69 Å². The third-order valence-electron chi connectivity index (χ3n) is 4.26. The number of anilines is 2. The summed E-state index contributed by atoms with van der Waals surface area (Å²) in [4.78, 5) is 29.9. The maximum Gasteiger partial charge on any atom is 0.261 e. The van der Waals surface area contributed by atoms with Crippen LogP contribution < -0.4 is 16.5 Å². The van der Waals surface area contributed by atoms with E-state index in [-0.39, 0.29) is 16.8 Å². The Balaban J connectivity index is 1.87. The average Bonchev–Trinajstić information content (AvgIpc) is 2.69. The molecule has 1 amide bonds.